The Hall–Kier alpha value is -1.59. The monoisotopic (exact) mass is 221 g/mol. The van der Waals surface area contributed by atoms with Gasteiger partial charge in [0.05, 0.1) is 11.1 Å². The van der Waals surface area contributed by atoms with Crippen LogP contribution in [0.1, 0.15) is 15.9 Å². The molecule has 0 saturated heterocycles. The maximum atomic E-state index is 12.7. The van der Waals surface area contributed by atoms with Crippen molar-refractivity contribution < 1.29 is 22.4 Å². The lowest BCUT2D eigenvalue weighted by atomic mass is 10.1. The van der Waals surface area contributed by atoms with Crippen molar-refractivity contribution in [3.63, 3.8) is 0 Å². The predicted octanol–water partition coefficient (Wildman–Crippen LogP) is 2.20. The molecule has 1 rings (SSSR count). The fourth-order valence-electron chi connectivity index (χ4n) is 1.09. The van der Waals surface area contributed by atoms with Gasteiger partial charge in [-0.3, -0.25) is 4.79 Å². The Morgan fingerprint density at radius 1 is 1.33 bits per heavy atom. The van der Waals surface area contributed by atoms with Crippen LogP contribution in [0.2, 0.25) is 0 Å². The molecule has 0 aliphatic heterocycles. The number of hydrogen-bond acceptors (Lipinski definition) is 1. The van der Waals surface area contributed by atoms with Crippen molar-refractivity contribution in [2.24, 2.45) is 0 Å². The lowest BCUT2D eigenvalue weighted by Gasteiger charge is -2.11. The first kappa shape index (κ1) is 11.5. The maximum Gasteiger partial charge on any atom is 0.417 e. The third-order valence-electron chi connectivity index (χ3n) is 1.76. The minimum Gasteiger partial charge on any atom is -0.355 e. The molecule has 1 aromatic carbocycles. The van der Waals surface area contributed by atoms with Crippen LogP contribution < -0.4 is 5.32 Å². The second kappa shape index (κ2) is 3.88. The van der Waals surface area contributed by atoms with E-state index in [0.717, 1.165) is 0 Å². The van der Waals surface area contributed by atoms with Gasteiger partial charge in [-0.1, -0.05) is 0 Å². The van der Waals surface area contributed by atoms with E-state index < -0.39 is 29.0 Å². The van der Waals surface area contributed by atoms with Gasteiger partial charge in [-0.15, -0.1) is 0 Å². The number of nitrogens with one attached hydrogen (secondary N) is 1. The number of amides is 1. The molecule has 0 unspecified atom stereocenters. The molecule has 0 atom stereocenters. The largest absolute Gasteiger partial charge is 0.417 e. The van der Waals surface area contributed by atoms with Crippen LogP contribution in [0.25, 0.3) is 0 Å². The van der Waals surface area contributed by atoms with E-state index in [-0.39, 0.29) is 0 Å². The standard InChI is InChI=1S/C9H7F4NO/c1-14-8(15)6-4-5(10)2-3-7(6)9(11,12)13/h2-4H,1H3,(H,14,15). The number of carbonyl (C=O) groups excluding carboxylic acids is 1. The van der Waals surface area contributed by atoms with Gasteiger partial charge in [0.1, 0.15) is 5.82 Å². The molecular formula is C9H7F4NO. The molecule has 0 aliphatic rings. The van der Waals surface area contributed by atoms with Crippen molar-refractivity contribution >= 4 is 5.91 Å². The molecule has 0 heterocycles. The number of rotatable bonds is 1. The zero-order valence-electron chi connectivity index (χ0n) is 7.65. The minimum atomic E-state index is -4.67. The molecule has 2 nitrogen and oxygen atoms in total. The number of halogens is 4. The highest BCUT2D eigenvalue weighted by atomic mass is 19.4. The average molecular weight is 221 g/mol. The molecule has 15 heavy (non-hydrogen) atoms. The summed E-state index contributed by atoms with van der Waals surface area (Å²) in [6, 6.07) is 1.76. The van der Waals surface area contributed by atoms with Gasteiger partial charge in [-0.25, -0.2) is 4.39 Å². The van der Waals surface area contributed by atoms with Gasteiger partial charge in [0.25, 0.3) is 5.91 Å². The number of alkyl halides is 3. The Labute approximate surface area is 82.9 Å². The Kier molecular flexibility index (Phi) is 2.97. The van der Waals surface area contributed by atoms with Gasteiger partial charge >= 0.3 is 6.18 Å². The highest BCUT2D eigenvalue weighted by Crippen LogP contribution is 2.32. The van der Waals surface area contributed by atoms with Crippen LogP contribution in [0.5, 0.6) is 0 Å². The summed E-state index contributed by atoms with van der Waals surface area (Å²) in [5.74, 6) is -1.86. The zero-order chi connectivity index (χ0) is 11.6. The molecule has 82 valence electrons. The smallest absolute Gasteiger partial charge is 0.355 e. The van der Waals surface area contributed by atoms with Crippen molar-refractivity contribution in [1.29, 1.82) is 0 Å². The third kappa shape index (κ3) is 2.45. The molecule has 0 spiro atoms. The molecule has 0 aromatic heterocycles. The van der Waals surface area contributed by atoms with E-state index in [1.807, 2.05) is 5.32 Å². The van der Waals surface area contributed by atoms with Gasteiger partial charge in [0, 0.05) is 7.05 Å². The lowest BCUT2D eigenvalue weighted by Crippen LogP contribution is -2.22. The van der Waals surface area contributed by atoms with E-state index in [4.69, 9.17) is 0 Å². The van der Waals surface area contributed by atoms with Crippen molar-refractivity contribution in [2.75, 3.05) is 7.05 Å². The molecular weight excluding hydrogens is 214 g/mol. The fourth-order valence-corrected chi connectivity index (χ4v) is 1.09. The van der Waals surface area contributed by atoms with Gasteiger partial charge in [0.15, 0.2) is 0 Å². The van der Waals surface area contributed by atoms with E-state index in [9.17, 15) is 22.4 Å². The fraction of sp³-hybridized carbons (Fsp3) is 0.222. The lowest BCUT2D eigenvalue weighted by molar-refractivity contribution is -0.138. The highest BCUT2D eigenvalue weighted by Gasteiger charge is 2.35. The van der Waals surface area contributed by atoms with Crippen LogP contribution >= 0.6 is 0 Å². The van der Waals surface area contributed by atoms with Crippen LogP contribution in [-0.4, -0.2) is 13.0 Å². The van der Waals surface area contributed by atoms with Crippen molar-refractivity contribution in [3.8, 4) is 0 Å². The van der Waals surface area contributed by atoms with E-state index in [1.165, 1.54) is 7.05 Å². The third-order valence-corrected chi connectivity index (χ3v) is 1.76. The Bertz CT molecular complexity index is 386. The van der Waals surface area contributed by atoms with Crippen LogP contribution in [0.3, 0.4) is 0 Å². The summed E-state index contributed by atoms with van der Waals surface area (Å²) in [5.41, 5.74) is -1.87. The van der Waals surface area contributed by atoms with E-state index in [2.05, 4.69) is 0 Å². The molecule has 6 heteroatoms. The van der Waals surface area contributed by atoms with Crippen LogP contribution in [0.4, 0.5) is 17.6 Å². The van der Waals surface area contributed by atoms with Crippen LogP contribution in [0.15, 0.2) is 18.2 Å². The molecule has 1 N–H and O–H groups in total. The van der Waals surface area contributed by atoms with Gasteiger partial charge in [-0.2, -0.15) is 13.2 Å². The molecule has 1 aromatic rings. The van der Waals surface area contributed by atoms with Crippen LogP contribution in [-0.2, 0) is 6.18 Å². The summed E-state index contributed by atoms with van der Waals surface area (Å²) in [7, 11) is 1.17. The SMILES string of the molecule is CNC(=O)c1cc(F)ccc1C(F)(F)F. The highest BCUT2D eigenvalue weighted by molar-refractivity contribution is 5.95. The van der Waals surface area contributed by atoms with E-state index in [0.29, 0.717) is 18.2 Å². The molecule has 1 amide bonds. The average Bonchev–Trinajstić information content (AvgIpc) is 2.14. The maximum absolute atomic E-state index is 12.7. The van der Waals surface area contributed by atoms with Crippen molar-refractivity contribution in [3.05, 3.63) is 35.1 Å². The summed E-state index contributed by atoms with van der Waals surface area (Å²) in [4.78, 5) is 11.1. The second-order valence-corrected chi connectivity index (χ2v) is 2.77. The summed E-state index contributed by atoms with van der Waals surface area (Å²) < 4.78 is 49.8. The van der Waals surface area contributed by atoms with Crippen molar-refractivity contribution in [1.82, 2.24) is 5.32 Å². The van der Waals surface area contributed by atoms with E-state index in [1.54, 1.807) is 0 Å². The quantitative estimate of drug-likeness (QED) is 0.723. The molecule has 0 radical (unpaired) electrons. The minimum absolute atomic E-state index is 0.542. The normalized spacial score (nSPS) is 11.3. The summed E-state index contributed by atoms with van der Waals surface area (Å²) >= 11 is 0. The van der Waals surface area contributed by atoms with Gasteiger partial charge < -0.3 is 5.32 Å². The first-order valence-corrected chi connectivity index (χ1v) is 3.95. The molecule has 0 fully saturated rings. The number of hydrogen-bond donors (Lipinski definition) is 1. The predicted molar refractivity (Wildman–Crippen MR) is 44.8 cm³/mol. The first-order chi connectivity index (χ1) is 6.86. The Balaban J connectivity index is 3.33. The van der Waals surface area contributed by atoms with Crippen LogP contribution in [0, 0.1) is 5.82 Å². The zero-order valence-corrected chi connectivity index (χ0v) is 7.65. The summed E-state index contributed by atoms with van der Waals surface area (Å²) in [6.45, 7) is 0. The van der Waals surface area contributed by atoms with E-state index >= 15 is 0 Å². The molecule has 0 bridgehead atoms. The Morgan fingerprint density at radius 2 is 1.93 bits per heavy atom. The summed E-state index contributed by atoms with van der Waals surface area (Å²) in [6.07, 6.45) is -4.67. The Morgan fingerprint density at radius 3 is 2.40 bits per heavy atom. The van der Waals surface area contributed by atoms with Crippen molar-refractivity contribution in [2.45, 2.75) is 6.18 Å². The van der Waals surface area contributed by atoms with Gasteiger partial charge in [-0.05, 0) is 18.2 Å². The molecule has 0 saturated carbocycles. The first-order valence-electron chi connectivity index (χ1n) is 3.95. The second-order valence-electron chi connectivity index (χ2n) is 2.77. The number of carbonyl (C=O) groups is 1. The topological polar surface area (TPSA) is 29.1 Å². The van der Waals surface area contributed by atoms with Gasteiger partial charge in [0.2, 0.25) is 0 Å². The number of benzene rings is 1. The summed E-state index contributed by atoms with van der Waals surface area (Å²) in [5, 5.41) is 2.02. The molecule has 0 aliphatic carbocycles.